The summed E-state index contributed by atoms with van der Waals surface area (Å²) in [6.07, 6.45) is 0. The number of anilines is 1. The first-order chi connectivity index (χ1) is 8.58. The fourth-order valence-electron chi connectivity index (χ4n) is 1.48. The van der Waals surface area contributed by atoms with Crippen molar-refractivity contribution in [1.82, 2.24) is 10.1 Å². The molecule has 0 atom stereocenters. The van der Waals surface area contributed by atoms with Gasteiger partial charge < -0.3 is 14.9 Å². The minimum absolute atomic E-state index is 0.178. The molecule has 7 heteroatoms. The summed E-state index contributed by atoms with van der Waals surface area (Å²) in [4.78, 5) is 15.2. The number of carbonyl (C=O) groups is 1. The molecule has 2 N–H and O–H groups in total. The van der Waals surface area contributed by atoms with Gasteiger partial charge in [0.1, 0.15) is 0 Å². The van der Waals surface area contributed by atoms with Crippen LogP contribution in [0.15, 0.2) is 27.2 Å². The van der Waals surface area contributed by atoms with Gasteiger partial charge in [-0.25, -0.2) is 4.79 Å². The number of hydrogen-bond acceptors (Lipinski definition) is 5. The predicted molar refractivity (Wildman–Crippen MR) is 67.5 cm³/mol. The molecule has 2 rings (SSSR count). The van der Waals surface area contributed by atoms with Crippen LogP contribution in [0.25, 0.3) is 0 Å². The van der Waals surface area contributed by atoms with Crippen LogP contribution in [0.4, 0.5) is 5.69 Å². The Balaban J connectivity index is 2.19. The molecule has 1 heterocycles. The minimum Gasteiger partial charge on any atom is -0.478 e. The molecule has 1 aromatic heterocycles. The van der Waals surface area contributed by atoms with E-state index < -0.39 is 5.97 Å². The van der Waals surface area contributed by atoms with Crippen molar-refractivity contribution in [2.45, 2.75) is 13.5 Å². The molecule has 0 spiro atoms. The van der Waals surface area contributed by atoms with Crippen molar-refractivity contribution < 1.29 is 14.4 Å². The van der Waals surface area contributed by atoms with E-state index in [1.54, 1.807) is 25.1 Å². The first kappa shape index (κ1) is 12.6. The van der Waals surface area contributed by atoms with Crippen LogP contribution in [0, 0.1) is 6.92 Å². The molecule has 2 aromatic rings. The van der Waals surface area contributed by atoms with Crippen molar-refractivity contribution >= 4 is 27.6 Å². The van der Waals surface area contributed by atoms with E-state index in [4.69, 9.17) is 9.63 Å². The van der Waals surface area contributed by atoms with E-state index in [0.717, 1.165) is 0 Å². The van der Waals surface area contributed by atoms with Gasteiger partial charge in [-0.15, -0.1) is 0 Å². The van der Waals surface area contributed by atoms with Crippen LogP contribution in [0.3, 0.4) is 0 Å². The topological polar surface area (TPSA) is 88.2 Å². The van der Waals surface area contributed by atoms with Gasteiger partial charge in [0.05, 0.1) is 17.8 Å². The van der Waals surface area contributed by atoms with E-state index in [1.165, 1.54) is 0 Å². The summed E-state index contributed by atoms with van der Waals surface area (Å²) < 4.78 is 5.35. The maximum absolute atomic E-state index is 11.1. The molecule has 0 saturated heterocycles. The van der Waals surface area contributed by atoms with Crippen molar-refractivity contribution in [3.05, 3.63) is 40.0 Å². The van der Waals surface area contributed by atoms with Crippen molar-refractivity contribution in [2.24, 2.45) is 0 Å². The van der Waals surface area contributed by atoms with Crippen LogP contribution >= 0.6 is 15.9 Å². The van der Waals surface area contributed by atoms with Crippen LogP contribution < -0.4 is 5.32 Å². The molecule has 0 fully saturated rings. The van der Waals surface area contributed by atoms with Gasteiger partial charge in [0.2, 0.25) is 5.89 Å². The summed E-state index contributed by atoms with van der Waals surface area (Å²) in [5.74, 6) is -0.0578. The van der Waals surface area contributed by atoms with Gasteiger partial charge >= 0.3 is 5.97 Å². The molecule has 0 aliphatic heterocycles. The van der Waals surface area contributed by atoms with Crippen molar-refractivity contribution in [1.29, 1.82) is 0 Å². The second-order valence-electron chi connectivity index (χ2n) is 3.55. The smallest absolute Gasteiger partial charge is 0.338 e. The number of halogens is 1. The highest BCUT2D eigenvalue weighted by Crippen LogP contribution is 2.25. The molecule has 0 amide bonds. The molecule has 0 unspecified atom stereocenters. The molecule has 1 aromatic carbocycles. The molecule has 0 radical (unpaired) electrons. The molecular formula is C11H10BrN3O3. The van der Waals surface area contributed by atoms with Crippen molar-refractivity contribution in [3.8, 4) is 0 Å². The fraction of sp³-hybridized carbons (Fsp3) is 0.182. The third-order valence-corrected chi connectivity index (χ3v) is 2.89. The highest BCUT2D eigenvalue weighted by atomic mass is 79.9. The van der Waals surface area contributed by atoms with Gasteiger partial charge in [0.25, 0.3) is 0 Å². The molecule has 0 saturated carbocycles. The Bertz CT molecular complexity index is 583. The fourth-order valence-corrected chi connectivity index (χ4v) is 2.01. The molecule has 94 valence electrons. The summed E-state index contributed by atoms with van der Waals surface area (Å²) in [7, 11) is 0. The quantitative estimate of drug-likeness (QED) is 0.901. The summed E-state index contributed by atoms with van der Waals surface area (Å²) in [5.41, 5.74) is 0.678. The highest BCUT2D eigenvalue weighted by Gasteiger charge is 2.14. The minimum atomic E-state index is -1.01. The van der Waals surface area contributed by atoms with Crippen molar-refractivity contribution in [3.63, 3.8) is 0 Å². The Hall–Kier alpha value is -1.89. The van der Waals surface area contributed by atoms with Gasteiger partial charge in [-0.05, 0) is 28.1 Å². The monoisotopic (exact) mass is 311 g/mol. The molecule has 18 heavy (non-hydrogen) atoms. The summed E-state index contributed by atoms with van der Waals surface area (Å²) >= 11 is 3.21. The lowest BCUT2D eigenvalue weighted by molar-refractivity contribution is 0.0697. The molecule has 0 aliphatic carbocycles. The molecule has 6 nitrogen and oxygen atoms in total. The van der Waals surface area contributed by atoms with Crippen molar-refractivity contribution in [2.75, 3.05) is 5.32 Å². The second-order valence-corrected chi connectivity index (χ2v) is 4.41. The number of aromatic nitrogens is 2. The standard InChI is InChI=1S/C11H10BrN3O3/c1-6-14-9(15-18-6)5-13-8-4-2-3-7(12)10(8)11(16)17/h2-4,13H,5H2,1H3,(H,16,17). The predicted octanol–water partition coefficient (Wildman–Crippen LogP) is 2.45. The number of aryl methyl sites for hydroxylation is 1. The number of rotatable bonds is 4. The van der Waals surface area contributed by atoms with E-state index in [2.05, 4.69) is 31.4 Å². The average molecular weight is 312 g/mol. The average Bonchev–Trinajstić information content (AvgIpc) is 2.72. The van der Waals surface area contributed by atoms with E-state index in [0.29, 0.717) is 28.4 Å². The largest absolute Gasteiger partial charge is 0.478 e. The Morgan fingerprint density at radius 2 is 2.33 bits per heavy atom. The van der Waals surface area contributed by atoms with E-state index in [-0.39, 0.29) is 5.56 Å². The third-order valence-electron chi connectivity index (χ3n) is 2.23. The lowest BCUT2D eigenvalue weighted by Crippen LogP contribution is -2.08. The van der Waals surface area contributed by atoms with Gasteiger partial charge in [0, 0.05) is 11.4 Å². The zero-order valence-corrected chi connectivity index (χ0v) is 11.1. The SMILES string of the molecule is Cc1nc(CNc2cccc(Br)c2C(=O)O)no1. The number of hydrogen-bond donors (Lipinski definition) is 2. The van der Waals surface area contributed by atoms with Crippen LogP contribution in [-0.4, -0.2) is 21.2 Å². The number of carboxylic acid groups (broad SMARTS) is 1. The number of aromatic carboxylic acids is 1. The first-order valence-electron chi connectivity index (χ1n) is 5.13. The lowest BCUT2D eigenvalue weighted by Gasteiger charge is -2.08. The normalized spacial score (nSPS) is 10.3. The van der Waals surface area contributed by atoms with Crippen LogP contribution in [0.2, 0.25) is 0 Å². The maximum atomic E-state index is 11.1. The number of nitrogens with zero attached hydrogens (tertiary/aromatic N) is 2. The summed E-state index contributed by atoms with van der Waals surface area (Å²) in [5, 5.41) is 15.8. The van der Waals surface area contributed by atoms with E-state index >= 15 is 0 Å². The van der Waals surface area contributed by atoms with Gasteiger partial charge in [-0.1, -0.05) is 11.2 Å². The molecular weight excluding hydrogens is 302 g/mol. The van der Waals surface area contributed by atoms with Gasteiger partial charge in [-0.2, -0.15) is 4.98 Å². The number of carboxylic acids is 1. The van der Waals surface area contributed by atoms with Crippen LogP contribution in [0.1, 0.15) is 22.1 Å². The van der Waals surface area contributed by atoms with Crippen LogP contribution in [-0.2, 0) is 6.54 Å². The Kier molecular flexibility index (Phi) is 3.61. The lowest BCUT2D eigenvalue weighted by atomic mass is 10.2. The molecule has 0 aliphatic rings. The van der Waals surface area contributed by atoms with Gasteiger partial charge in [-0.3, -0.25) is 0 Å². The Morgan fingerprint density at radius 1 is 1.56 bits per heavy atom. The highest BCUT2D eigenvalue weighted by molar-refractivity contribution is 9.10. The maximum Gasteiger partial charge on any atom is 0.338 e. The zero-order chi connectivity index (χ0) is 13.1. The molecule has 0 bridgehead atoms. The summed E-state index contributed by atoms with van der Waals surface area (Å²) in [6.45, 7) is 1.99. The van der Waals surface area contributed by atoms with E-state index in [9.17, 15) is 4.79 Å². The van der Waals surface area contributed by atoms with Crippen LogP contribution in [0.5, 0.6) is 0 Å². The van der Waals surface area contributed by atoms with E-state index in [1.807, 2.05) is 0 Å². The Labute approximate surface area is 111 Å². The number of benzene rings is 1. The number of nitrogens with one attached hydrogen (secondary N) is 1. The Morgan fingerprint density at radius 3 is 2.94 bits per heavy atom. The second kappa shape index (κ2) is 5.18. The first-order valence-corrected chi connectivity index (χ1v) is 5.92. The summed E-state index contributed by atoms with van der Waals surface area (Å²) in [6, 6.07) is 5.11. The third kappa shape index (κ3) is 2.67. The van der Waals surface area contributed by atoms with Gasteiger partial charge in [0.15, 0.2) is 5.82 Å². The zero-order valence-electron chi connectivity index (χ0n) is 9.48.